The van der Waals surface area contributed by atoms with E-state index in [0.29, 0.717) is 5.56 Å². The second kappa shape index (κ2) is 8.32. The van der Waals surface area contributed by atoms with Gasteiger partial charge in [-0.3, -0.25) is 15.0 Å². The smallest absolute Gasteiger partial charge is 0.104 e. The van der Waals surface area contributed by atoms with Crippen LogP contribution in [0.3, 0.4) is 0 Å². The lowest BCUT2D eigenvalue weighted by Crippen LogP contribution is -2.04. The van der Waals surface area contributed by atoms with E-state index >= 15 is 0 Å². The largest absolute Gasteiger partial charge is 0.308 e. The summed E-state index contributed by atoms with van der Waals surface area (Å²) in [7, 11) is 0. The summed E-state index contributed by atoms with van der Waals surface area (Å²) in [5.41, 5.74) is 6.26. The van der Waals surface area contributed by atoms with Crippen molar-refractivity contribution in [1.82, 2.24) is 24.1 Å². The van der Waals surface area contributed by atoms with Gasteiger partial charge in [-0.25, -0.2) is 0 Å². The number of aromatic nitrogens is 5. The summed E-state index contributed by atoms with van der Waals surface area (Å²) >= 11 is 0. The molecule has 210 valence electrons. The number of fused-ring (bicyclic) bond motifs is 6. The van der Waals surface area contributed by atoms with Crippen LogP contribution in [0.5, 0.6) is 0 Å². The van der Waals surface area contributed by atoms with Crippen molar-refractivity contribution in [3.63, 3.8) is 0 Å². The number of hydrogen-bond donors (Lipinski definition) is 0. The van der Waals surface area contributed by atoms with Gasteiger partial charge in [0.1, 0.15) is 11.6 Å². The Labute approximate surface area is 260 Å². The molecule has 46 heavy (non-hydrogen) atoms. The highest BCUT2D eigenvalue weighted by Gasteiger charge is 2.25. The molecule has 0 aliphatic rings. The van der Waals surface area contributed by atoms with Crippen molar-refractivity contribution in [1.29, 1.82) is 5.26 Å². The molecular weight excluding hydrogens is 564 g/mol. The fourth-order valence-electron chi connectivity index (χ4n) is 8.19. The molecule has 6 nitrogen and oxygen atoms in total. The Morgan fingerprint density at radius 3 is 1.50 bits per heavy atom. The topological polar surface area (TPSA) is 72.3 Å². The molecule has 0 aliphatic heterocycles. The molecule has 0 saturated carbocycles. The maximum atomic E-state index is 11.0. The quantitative estimate of drug-likeness (QED) is 0.190. The van der Waals surface area contributed by atoms with Gasteiger partial charge in [-0.1, -0.05) is 54.6 Å². The van der Waals surface area contributed by atoms with Gasteiger partial charge < -0.3 is 9.13 Å². The first-order chi connectivity index (χ1) is 22.8. The van der Waals surface area contributed by atoms with Crippen LogP contribution in [0.4, 0.5) is 0 Å². The number of hydrogen-bond acceptors (Lipinski definition) is 4. The molecule has 6 heteroatoms. The molecule has 0 amide bonds. The van der Waals surface area contributed by atoms with Crippen molar-refractivity contribution in [2.24, 2.45) is 0 Å². The molecule has 11 aromatic rings. The van der Waals surface area contributed by atoms with Crippen LogP contribution in [-0.2, 0) is 0 Å². The van der Waals surface area contributed by atoms with Crippen LogP contribution in [0.2, 0.25) is 0 Å². The zero-order valence-electron chi connectivity index (χ0n) is 24.2. The minimum absolute atomic E-state index is 0.585. The maximum Gasteiger partial charge on any atom is 0.104 e. The molecule has 5 heterocycles. The van der Waals surface area contributed by atoms with Gasteiger partial charge >= 0.3 is 0 Å². The van der Waals surface area contributed by atoms with Crippen LogP contribution >= 0.6 is 0 Å². The second-order valence-electron chi connectivity index (χ2n) is 12.0. The normalized spacial score (nSPS) is 12.3. The Morgan fingerprint density at radius 1 is 0.413 bits per heavy atom. The summed E-state index contributed by atoms with van der Waals surface area (Å²) in [5, 5.41) is 24.8. The molecule has 0 atom stereocenters. The Balaban J connectivity index is 1.30. The van der Waals surface area contributed by atoms with E-state index in [1.54, 1.807) is 0 Å². The highest BCUT2D eigenvalue weighted by atomic mass is 15.0. The molecule has 11 rings (SSSR count). The maximum absolute atomic E-state index is 11.0. The standard InChI is InChI=1S/C40H20N6/c41-16-27-31(45-33-12-3-8-25-24-14-15-42-17-28(24)26-9-4-13-34(45)38(26)37(25)33)10-5-11-32(27)46-35-20-43-18-29-22-6-1-2-7-23(22)30-19-44-21-36(46)40(30)39(29)35/h1-15,17-21H. The van der Waals surface area contributed by atoms with Crippen molar-refractivity contribution in [2.75, 3.05) is 0 Å². The zero-order chi connectivity index (χ0) is 30.1. The number of pyridine rings is 3. The van der Waals surface area contributed by atoms with Crippen molar-refractivity contribution < 1.29 is 0 Å². The van der Waals surface area contributed by atoms with Gasteiger partial charge in [0.2, 0.25) is 0 Å². The number of rotatable bonds is 2. The van der Waals surface area contributed by atoms with Crippen LogP contribution < -0.4 is 0 Å². The van der Waals surface area contributed by atoms with Crippen LogP contribution in [-0.4, -0.2) is 24.1 Å². The lowest BCUT2D eigenvalue weighted by molar-refractivity contribution is 1.11. The Kier molecular flexibility index (Phi) is 4.31. The van der Waals surface area contributed by atoms with Gasteiger partial charge in [-0.05, 0) is 57.3 Å². The van der Waals surface area contributed by atoms with Crippen molar-refractivity contribution in [2.45, 2.75) is 0 Å². The van der Waals surface area contributed by atoms with Gasteiger partial charge in [-0.15, -0.1) is 0 Å². The van der Waals surface area contributed by atoms with E-state index in [0.717, 1.165) is 76.5 Å². The molecule has 0 saturated heterocycles. The highest BCUT2D eigenvalue weighted by molar-refractivity contribution is 6.35. The van der Waals surface area contributed by atoms with Gasteiger partial charge in [0, 0.05) is 62.5 Å². The van der Waals surface area contributed by atoms with Crippen LogP contribution in [0.15, 0.2) is 122 Å². The molecule has 0 fully saturated rings. The molecule has 0 spiro atoms. The molecule has 6 aromatic carbocycles. The average Bonchev–Trinajstić information content (AvgIpc) is 3.64. The SMILES string of the molecule is N#Cc1c(-n2c3cccc4c5ccncc5c5cccc2c5c43)cccc1-n1c2cncc3c4ccccc4c4cncc1c4c32. The second-order valence-corrected chi connectivity index (χ2v) is 12.0. The van der Waals surface area contributed by atoms with Crippen LogP contribution in [0.25, 0.3) is 98.1 Å². The number of nitrogens with zero attached hydrogens (tertiary/aromatic N) is 6. The molecular formula is C40H20N6. The first kappa shape index (κ1) is 23.8. The molecule has 5 aromatic heterocycles. The molecule has 0 unspecified atom stereocenters. The van der Waals surface area contributed by atoms with Crippen molar-refractivity contribution in [3.05, 3.63) is 128 Å². The summed E-state index contributed by atoms with van der Waals surface area (Å²) in [4.78, 5) is 13.9. The van der Waals surface area contributed by atoms with Gasteiger partial charge in [0.05, 0.1) is 45.8 Å². The van der Waals surface area contributed by atoms with E-state index in [1.165, 1.54) is 21.5 Å². The predicted molar refractivity (Wildman–Crippen MR) is 186 cm³/mol. The third-order valence-corrected chi connectivity index (χ3v) is 9.92. The minimum Gasteiger partial charge on any atom is -0.308 e. The number of benzene rings is 6. The van der Waals surface area contributed by atoms with Gasteiger partial charge in [0.25, 0.3) is 0 Å². The first-order valence-corrected chi connectivity index (χ1v) is 15.2. The monoisotopic (exact) mass is 584 g/mol. The summed E-state index contributed by atoms with van der Waals surface area (Å²) in [6.07, 6.45) is 11.6. The van der Waals surface area contributed by atoms with E-state index in [2.05, 4.69) is 99.1 Å². The summed E-state index contributed by atoms with van der Waals surface area (Å²) in [6, 6.07) is 32.2. The molecule has 0 radical (unpaired) electrons. The van der Waals surface area contributed by atoms with E-state index in [-0.39, 0.29) is 0 Å². The van der Waals surface area contributed by atoms with Crippen LogP contribution in [0.1, 0.15) is 5.56 Å². The predicted octanol–water partition coefficient (Wildman–Crippen LogP) is 9.43. The fourth-order valence-corrected chi connectivity index (χ4v) is 8.19. The van der Waals surface area contributed by atoms with Gasteiger partial charge in [0.15, 0.2) is 0 Å². The van der Waals surface area contributed by atoms with E-state index in [1.807, 2.05) is 43.2 Å². The Morgan fingerprint density at radius 2 is 0.891 bits per heavy atom. The Bertz CT molecular complexity index is 2730. The zero-order valence-corrected chi connectivity index (χ0v) is 24.2. The molecule has 0 N–H and O–H groups in total. The number of nitriles is 1. The summed E-state index contributed by atoms with van der Waals surface area (Å²) in [6.45, 7) is 0. The van der Waals surface area contributed by atoms with Crippen molar-refractivity contribution >= 4 is 86.7 Å². The first-order valence-electron chi connectivity index (χ1n) is 15.2. The third-order valence-electron chi connectivity index (χ3n) is 9.92. The summed E-state index contributed by atoms with van der Waals surface area (Å²) < 4.78 is 4.43. The third kappa shape index (κ3) is 2.71. The van der Waals surface area contributed by atoms with Crippen molar-refractivity contribution in [3.8, 4) is 17.4 Å². The Hall–Kier alpha value is -6.58. The lowest BCUT2D eigenvalue weighted by atomic mass is 9.96. The molecule has 0 aliphatic carbocycles. The summed E-state index contributed by atoms with van der Waals surface area (Å²) in [5.74, 6) is 0. The van der Waals surface area contributed by atoms with E-state index in [9.17, 15) is 5.26 Å². The van der Waals surface area contributed by atoms with E-state index < -0.39 is 0 Å². The average molecular weight is 585 g/mol. The highest BCUT2D eigenvalue weighted by Crippen LogP contribution is 2.46. The minimum atomic E-state index is 0.585. The fraction of sp³-hybridized carbons (Fsp3) is 0. The molecule has 0 bridgehead atoms. The van der Waals surface area contributed by atoms with Crippen LogP contribution in [0, 0.1) is 11.3 Å². The van der Waals surface area contributed by atoms with E-state index in [4.69, 9.17) is 9.97 Å². The lowest BCUT2D eigenvalue weighted by Gasteiger charge is -2.15. The van der Waals surface area contributed by atoms with Gasteiger partial charge in [-0.2, -0.15) is 5.26 Å².